The van der Waals surface area contributed by atoms with Crippen LogP contribution in [0.25, 0.3) is 10.8 Å². The van der Waals surface area contributed by atoms with Crippen LogP contribution < -0.4 is 0 Å². The lowest BCUT2D eigenvalue weighted by atomic mass is 9.99. The highest BCUT2D eigenvalue weighted by atomic mass is 32.1. The summed E-state index contributed by atoms with van der Waals surface area (Å²) in [6, 6.07) is 16.7. The zero-order chi connectivity index (χ0) is 13.2. The van der Waals surface area contributed by atoms with Crippen LogP contribution >= 0.6 is 11.3 Å². The molecular formula is C17H16OS. The monoisotopic (exact) mass is 268 g/mol. The number of benzene rings is 2. The second-order valence-corrected chi connectivity index (χ2v) is 5.95. The molecule has 1 N–H and O–H groups in total. The molecule has 1 aromatic heterocycles. The Morgan fingerprint density at radius 1 is 1.05 bits per heavy atom. The summed E-state index contributed by atoms with van der Waals surface area (Å²) in [6.45, 7) is 2.06. The lowest BCUT2D eigenvalue weighted by Gasteiger charge is -2.11. The van der Waals surface area contributed by atoms with Gasteiger partial charge in [0.15, 0.2) is 0 Å². The fourth-order valence-corrected chi connectivity index (χ4v) is 3.20. The van der Waals surface area contributed by atoms with Crippen molar-refractivity contribution in [1.82, 2.24) is 0 Å². The summed E-state index contributed by atoms with van der Waals surface area (Å²) < 4.78 is 0. The maximum atomic E-state index is 10.3. The van der Waals surface area contributed by atoms with Gasteiger partial charge in [-0.15, -0.1) is 11.3 Å². The van der Waals surface area contributed by atoms with Gasteiger partial charge in [0.25, 0.3) is 0 Å². The second-order valence-electron chi connectivity index (χ2n) is 4.83. The maximum Gasteiger partial charge on any atom is 0.0840 e. The van der Waals surface area contributed by atoms with Crippen LogP contribution in [0.3, 0.4) is 0 Å². The minimum absolute atomic E-state index is 0.410. The van der Waals surface area contributed by atoms with Crippen LogP contribution in [0.2, 0.25) is 0 Å². The molecule has 0 spiro atoms. The predicted octanol–water partition coefficient (Wildman–Crippen LogP) is 4.49. The summed E-state index contributed by atoms with van der Waals surface area (Å²) in [6.07, 6.45) is 0.259. The summed E-state index contributed by atoms with van der Waals surface area (Å²) in [5.74, 6) is 0. The van der Waals surface area contributed by atoms with Crippen LogP contribution in [0, 0.1) is 6.92 Å². The predicted molar refractivity (Wildman–Crippen MR) is 81.7 cm³/mol. The van der Waals surface area contributed by atoms with Crippen molar-refractivity contribution in [2.24, 2.45) is 0 Å². The molecule has 0 aliphatic heterocycles. The third-order valence-electron chi connectivity index (χ3n) is 3.50. The molecule has 19 heavy (non-hydrogen) atoms. The van der Waals surface area contributed by atoms with E-state index in [4.69, 9.17) is 0 Å². The van der Waals surface area contributed by atoms with Crippen LogP contribution in [0.15, 0.2) is 53.9 Å². The average molecular weight is 268 g/mol. The number of aryl methyl sites for hydroxylation is 1. The number of rotatable bonds is 3. The standard InChI is InChI=1S/C17H16OS/c1-12-16(8-9-19-12)17(18)11-13-6-7-14-4-2-3-5-15(14)10-13/h2-10,17-18H,11H2,1H3. The molecule has 1 heterocycles. The zero-order valence-electron chi connectivity index (χ0n) is 10.8. The first-order chi connectivity index (χ1) is 9.24. The van der Waals surface area contributed by atoms with Crippen molar-refractivity contribution in [3.8, 4) is 0 Å². The van der Waals surface area contributed by atoms with E-state index in [9.17, 15) is 5.11 Å². The fraction of sp³-hybridized carbons (Fsp3) is 0.176. The lowest BCUT2D eigenvalue weighted by molar-refractivity contribution is 0.178. The Morgan fingerprint density at radius 2 is 1.84 bits per heavy atom. The van der Waals surface area contributed by atoms with Gasteiger partial charge in [0.1, 0.15) is 0 Å². The number of hydrogen-bond acceptors (Lipinski definition) is 2. The molecule has 96 valence electrons. The van der Waals surface area contributed by atoms with E-state index >= 15 is 0 Å². The Labute approximate surface area is 117 Å². The van der Waals surface area contributed by atoms with Crippen LogP contribution in [0.5, 0.6) is 0 Å². The Bertz CT molecular complexity index is 699. The minimum atomic E-state index is -0.410. The van der Waals surface area contributed by atoms with Gasteiger partial charge in [-0.05, 0) is 40.3 Å². The molecule has 0 radical (unpaired) electrons. The number of aliphatic hydroxyl groups is 1. The summed E-state index contributed by atoms with van der Waals surface area (Å²) in [7, 11) is 0. The summed E-state index contributed by atoms with van der Waals surface area (Å²) >= 11 is 1.69. The quantitative estimate of drug-likeness (QED) is 0.742. The van der Waals surface area contributed by atoms with Crippen molar-refractivity contribution in [3.63, 3.8) is 0 Å². The van der Waals surface area contributed by atoms with Gasteiger partial charge in [0.2, 0.25) is 0 Å². The molecule has 0 aliphatic carbocycles. The summed E-state index contributed by atoms with van der Waals surface area (Å²) in [4.78, 5) is 1.20. The van der Waals surface area contributed by atoms with Crippen molar-refractivity contribution >= 4 is 22.1 Å². The molecule has 1 nitrogen and oxygen atoms in total. The first-order valence-electron chi connectivity index (χ1n) is 6.44. The molecule has 2 heteroatoms. The molecule has 0 saturated heterocycles. The SMILES string of the molecule is Cc1sccc1C(O)Cc1ccc2ccccc2c1. The second kappa shape index (κ2) is 5.16. The normalized spacial score (nSPS) is 12.7. The van der Waals surface area contributed by atoms with Crippen LogP contribution in [0.4, 0.5) is 0 Å². The maximum absolute atomic E-state index is 10.3. The van der Waals surface area contributed by atoms with E-state index in [0.29, 0.717) is 6.42 Å². The number of fused-ring (bicyclic) bond motifs is 1. The number of aliphatic hydroxyl groups excluding tert-OH is 1. The minimum Gasteiger partial charge on any atom is -0.388 e. The van der Waals surface area contributed by atoms with E-state index in [1.807, 2.05) is 23.6 Å². The molecule has 0 fully saturated rings. The molecular weight excluding hydrogens is 252 g/mol. The lowest BCUT2D eigenvalue weighted by Crippen LogP contribution is -2.01. The van der Waals surface area contributed by atoms with Gasteiger partial charge in [-0.3, -0.25) is 0 Å². The van der Waals surface area contributed by atoms with Crippen molar-refractivity contribution in [2.75, 3.05) is 0 Å². The van der Waals surface area contributed by atoms with Crippen LogP contribution in [0.1, 0.15) is 22.1 Å². The molecule has 2 aromatic carbocycles. The molecule has 3 aromatic rings. The first kappa shape index (κ1) is 12.4. The van der Waals surface area contributed by atoms with E-state index in [1.165, 1.54) is 21.2 Å². The van der Waals surface area contributed by atoms with E-state index in [0.717, 1.165) is 5.56 Å². The average Bonchev–Trinajstić information content (AvgIpc) is 2.85. The molecule has 0 bridgehead atoms. The zero-order valence-corrected chi connectivity index (χ0v) is 11.7. The van der Waals surface area contributed by atoms with Crippen molar-refractivity contribution in [2.45, 2.75) is 19.4 Å². The number of hydrogen-bond donors (Lipinski definition) is 1. The van der Waals surface area contributed by atoms with Gasteiger partial charge in [0, 0.05) is 11.3 Å². The third-order valence-corrected chi connectivity index (χ3v) is 4.36. The third kappa shape index (κ3) is 2.55. The van der Waals surface area contributed by atoms with Gasteiger partial charge in [-0.1, -0.05) is 42.5 Å². The Kier molecular flexibility index (Phi) is 3.36. The van der Waals surface area contributed by atoms with Crippen molar-refractivity contribution < 1.29 is 5.11 Å². The highest BCUT2D eigenvalue weighted by Crippen LogP contribution is 2.26. The Hall–Kier alpha value is -1.64. The van der Waals surface area contributed by atoms with Gasteiger partial charge in [0.05, 0.1) is 6.10 Å². The molecule has 1 atom stereocenters. The van der Waals surface area contributed by atoms with Crippen molar-refractivity contribution in [1.29, 1.82) is 0 Å². The van der Waals surface area contributed by atoms with E-state index in [1.54, 1.807) is 11.3 Å². The molecule has 0 saturated carbocycles. The first-order valence-corrected chi connectivity index (χ1v) is 7.32. The Balaban J connectivity index is 1.87. The summed E-state index contributed by atoms with van der Waals surface area (Å²) in [5.41, 5.74) is 2.23. The van der Waals surface area contributed by atoms with Gasteiger partial charge < -0.3 is 5.11 Å². The Morgan fingerprint density at radius 3 is 2.58 bits per heavy atom. The van der Waals surface area contributed by atoms with E-state index < -0.39 is 6.10 Å². The molecule has 0 amide bonds. The van der Waals surface area contributed by atoms with E-state index in [-0.39, 0.29) is 0 Å². The van der Waals surface area contributed by atoms with Gasteiger partial charge in [-0.25, -0.2) is 0 Å². The molecule has 0 aliphatic rings. The van der Waals surface area contributed by atoms with E-state index in [2.05, 4.69) is 37.3 Å². The molecule has 3 rings (SSSR count). The van der Waals surface area contributed by atoms with Gasteiger partial charge in [-0.2, -0.15) is 0 Å². The highest BCUT2D eigenvalue weighted by Gasteiger charge is 2.12. The van der Waals surface area contributed by atoms with Gasteiger partial charge >= 0.3 is 0 Å². The number of thiophene rings is 1. The van der Waals surface area contributed by atoms with Crippen molar-refractivity contribution in [3.05, 3.63) is 69.9 Å². The van der Waals surface area contributed by atoms with Crippen LogP contribution in [-0.4, -0.2) is 5.11 Å². The summed E-state index contributed by atoms with van der Waals surface area (Å²) in [5, 5.41) is 14.8. The molecule has 1 unspecified atom stereocenters. The smallest absolute Gasteiger partial charge is 0.0840 e. The topological polar surface area (TPSA) is 20.2 Å². The largest absolute Gasteiger partial charge is 0.388 e. The highest BCUT2D eigenvalue weighted by molar-refractivity contribution is 7.10. The fourth-order valence-electron chi connectivity index (χ4n) is 2.44. The van der Waals surface area contributed by atoms with Crippen LogP contribution in [-0.2, 0) is 6.42 Å².